The number of carbonyl (C=O) groups excluding carboxylic acids is 2. The fourth-order valence-corrected chi connectivity index (χ4v) is 2.46. The van der Waals surface area contributed by atoms with Crippen molar-refractivity contribution >= 4 is 35.0 Å². The summed E-state index contributed by atoms with van der Waals surface area (Å²) >= 11 is 11.4. The Morgan fingerprint density at radius 2 is 1.67 bits per heavy atom. The minimum Gasteiger partial charge on any atom is -0.454 e. The third-order valence-corrected chi connectivity index (χ3v) is 3.78. The fraction of sp³-hybridized carbons (Fsp3) is 0.0667. The van der Waals surface area contributed by atoms with Gasteiger partial charge in [-0.2, -0.15) is 0 Å². The van der Waals surface area contributed by atoms with Crippen LogP contribution in [0.1, 0.15) is 20.7 Å². The number of nitrogens with one attached hydrogen (secondary N) is 2. The van der Waals surface area contributed by atoms with Gasteiger partial charge in [-0.15, -0.1) is 0 Å². The second-order valence-electron chi connectivity index (χ2n) is 4.72. The monoisotopic (exact) mass is 370 g/mol. The van der Waals surface area contributed by atoms with E-state index in [0.29, 0.717) is 11.5 Å². The molecule has 0 unspecified atom stereocenters. The average Bonchev–Trinajstić information content (AvgIpc) is 3.03. The van der Waals surface area contributed by atoms with Gasteiger partial charge in [0.25, 0.3) is 11.8 Å². The smallest absolute Gasteiger partial charge is 0.271 e. The lowest BCUT2D eigenvalue weighted by molar-refractivity contribution is 0.0846. The molecule has 0 aromatic heterocycles. The first-order valence-corrected chi connectivity index (χ1v) is 7.36. The maximum absolute atomic E-state index is 13.4. The largest absolute Gasteiger partial charge is 0.454 e. The van der Waals surface area contributed by atoms with Gasteiger partial charge >= 0.3 is 0 Å². The van der Waals surface area contributed by atoms with Gasteiger partial charge in [0.2, 0.25) is 6.79 Å². The zero-order valence-corrected chi connectivity index (χ0v) is 13.4. The quantitative estimate of drug-likeness (QED) is 0.629. The van der Waals surface area contributed by atoms with Crippen LogP contribution in [0.3, 0.4) is 0 Å². The zero-order valence-electron chi connectivity index (χ0n) is 11.9. The van der Waals surface area contributed by atoms with E-state index in [1.807, 2.05) is 0 Å². The normalized spacial score (nSPS) is 12.0. The van der Waals surface area contributed by atoms with Gasteiger partial charge in [0.15, 0.2) is 11.5 Å². The standard InChI is InChI=1S/C15H9Cl2FN2O4/c16-9-5-10(17)11(18)4-8(9)15(22)20-19-14(21)7-1-2-12-13(3-7)24-6-23-12/h1-5H,6H2,(H,19,21)(H,20,22). The number of amides is 2. The van der Waals surface area contributed by atoms with E-state index in [0.717, 1.165) is 12.1 Å². The number of halogens is 3. The minimum atomic E-state index is -0.798. The number of fused-ring (bicyclic) bond motifs is 1. The highest BCUT2D eigenvalue weighted by Gasteiger charge is 2.18. The Labute approximate surface area is 145 Å². The van der Waals surface area contributed by atoms with Crippen LogP contribution in [0.4, 0.5) is 4.39 Å². The fourth-order valence-electron chi connectivity index (χ4n) is 1.99. The van der Waals surface area contributed by atoms with Gasteiger partial charge in [0, 0.05) is 5.56 Å². The number of rotatable bonds is 2. The molecule has 2 amide bonds. The molecule has 0 aliphatic carbocycles. The third kappa shape index (κ3) is 3.22. The Bertz CT molecular complexity index is 844. The van der Waals surface area contributed by atoms with E-state index >= 15 is 0 Å². The van der Waals surface area contributed by atoms with Crippen molar-refractivity contribution < 1.29 is 23.5 Å². The summed E-state index contributed by atoms with van der Waals surface area (Å²) in [4.78, 5) is 24.0. The van der Waals surface area contributed by atoms with E-state index < -0.39 is 17.6 Å². The highest BCUT2D eigenvalue weighted by Crippen LogP contribution is 2.32. The Hall–Kier alpha value is -2.51. The molecule has 2 aromatic carbocycles. The summed E-state index contributed by atoms with van der Waals surface area (Å²) in [7, 11) is 0. The van der Waals surface area contributed by atoms with Crippen LogP contribution < -0.4 is 20.3 Å². The summed E-state index contributed by atoms with van der Waals surface area (Å²) in [5.41, 5.74) is 4.43. The van der Waals surface area contributed by atoms with Gasteiger partial charge in [-0.1, -0.05) is 23.2 Å². The van der Waals surface area contributed by atoms with Crippen LogP contribution in [0, 0.1) is 5.82 Å². The molecular formula is C15H9Cl2FN2O4. The van der Waals surface area contributed by atoms with Gasteiger partial charge in [-0.05, 0) is 30.3 Å². The molecule has 1 aliphatic rings. The number of hydrogen-bond donors (Lipinski definition) is 2. The Morgan fingerprint density at radius 1 is 0.958 bits per heavy atom. The average molecular weight is 371 g/mol. The summed E-state index contributed by atoms with van der Waals surface area (Å²) in [6.07, 6.45) is 0. The topological polar surface area (TPSA) is 76.7 Å². The lowest BCUT2D eigenvalue weighted by Gasteiger charge is -2.09. The lowest BCUT2D eigenvalue weighted by Crippen LogP contribution is -2.41. The van der Waals surface area contributed by atoms with Crippen LogP contribution in [-0.2, 0) is 0 Å². The molecule has 0 atom stereocenters. The molecule has 9 heteroatoms. The highest BCUT2D eigenvalue weighted by atomic mass is 35.5. The molecule has 1 aliphatic heterocycles. The number of ether oxygens (including phenoxy) is 2. The molecule has 0 spiro atoms. The Balaban J connectivity index is 1.68. The number of benzene rings is 2. The molecule has 0 saturated heterocycles. The number of carbonyl (C=O) groups is 2. The number of hydrogen-bond acceptors (Lipinski definition) is 4. The van der Waals surface area contributed by atoms with Gasteiger partial charge < -0.3 is 9.47 Å². The van der Waals surface area contributed by atoms with Gasteiger partial charge in [0.05, 0.1) is 15.6 Å². The van der Waals surface area contributed by atoms with E-state index in [1.165, 1.54) is 12.1 Å². The van der Waals surface area contributed by atoms with Crippen molar-refractivity contribution in [3.8, 4) is 11.5 Å². The maximum atomic E-state index is 13.4. The first-order valence-electron chi connectivity index (χ1n) is 6.60. The van der Waals surface area contributed by atoms with E-state index in [2.05, 4.69) is 10.9 Å². The van der Waals surface area contributed by atoms with Crippen molar-refractivity contribution in [2.75, 3.05) is 6.79 Å². The van der Waals surface area contributed by atoms with Crippen molar-refractivity contribution in [3.05, 3.63) is 57.3 Å². The van der Waals surface area contributed by atoms with Crippen LogP contribution in [-0.4, -0.2) is 18.6 Å². The SMILES string of the molecule is O=C(NNC(=O)c1cc(F)c(Cl)cc1Cl)c1ccc2c(c1)OCO2. The summed E-state index contributed by atoms with van der Waals surface area (Å²) in [6, 6.07) is 6.53. The van der Waals surface area contributed by atoms with E-state index in [9.17, 15) is 14.0 Å². The summed E-state index contributed by atoms with van der Waals surface area (Å²) < 4.78 is 23.7. The number of hydrazine groups is 1. The van der Waals surface area contributed by atoms with Gasteiger partial charge in [-0.3, -0.25) is 20.4 Å². The van der Waals surface area contributed by atoms with E-state index in [1.54, 1.807) is 6.07 Å². The molecule has 124 valence electrons. The van der Waals surface area contributed by atoms with Crippen molar-refractivity contribution in [2.24, 2.45) is 0 Å². The molecule has 0 bridgehead atoms. The maximum Gasteiger partial charge on any atom is 0.271 e. The summed E-state index contributed by atoms with van der Waals surface area (Å²) in [6.45, 7) is 0.0811. The molecule has 3 rings (SSSR count). The van der Waals surface area contributed by atoms with Gasteiger partial charge in [0.1, 0.15) is 5.82 Å². The molecule has 2 aromatic rings. The molecule has 1 heterocycles. The predicted octanol–water partition coefficient (Wildman–Crippen LogP) is 2.94. The Kier molecular flexibility index (Phi) is 4.46. The van der Waals surface area contributed by atoms with Crippen molar-refractivity contribution in [1.29, 1.82) is 0 Å². The zero-order chi connectivity index (χ0) is 17.3. The Morgan fingerprint density at radius 3 is 2.46 bits per heavy atom. The van der Waals surface area contributed by atoms with Crippen molar-refractivity contribution in [1.82, 2.24) is 10.9 Å². The molecule has 0 fully saturated rings. The minimum absolute atomic E-state index is 0.0452. The lowest BCUT2D eigenvalue weighted by atomic mass is 10.2. The predicted molar refractivity (Wildman–Crippen MR) is 83.9 cm³/mol. The van der Waals surface area contributed by atoms with E-state index in [-0.39, 0.29) is 28.0 Å². The van der Waals surface area contributed by atoms with Crippen LogP contribution >= 0.6 is 23.2 Å². The third-order valence-electron chi connectivity index (χ3n) is 3.18. The van der Waals surface area contributed by atoms with E-state index in [4.69, 9.17) is 32.7 Å². The van der Waals surface area contributed by atoms with Crippen LogP contribution in [0.15, 0.2) is 30.3 Å². The first-order chi connectivity index (χ1) is 11.5. The van der Waals surface area contributed by atoms with Gasteiger partial charge in [-0.25, -0.2) is 4.39 Å². The highest BCUT2D eigenvalue weighted by molar-refractivity contribution is 6.36. The van der Waals surface area contributed by atoms with Crippen LogP contribution in [0.2, 0.25) is 10.0 Å². The molecule has 24 heavy (non-hydrogen) atoms. The second kappa shape index (κ2) is 6.54. The molecular weight excluding hydrogens is 362 g/mol. The summed E-state index contributed by atoms with van der Waals surface area (Å²) in [5, 5.41) is -0.253. The molecule has 6 nitrogen and oxygen atoms in total. The van der Waals surface area contributed by atoms with Crippen molar-refractivity contribution in [2.45, 2.75) is 0 Å². The summed E-state index contributed by atoms with van der Waals surface area (Å²) in [5.74, 6) is -1.22. The second-order valence-corrected chi connectivity index (χ2v) is 5.54. The first kappa shape index (κ1) is 16.4. The van der Waals surface area contributed by atoms with Crippen LogP contribution in [0.25, 0.3) is 0 Å². The molecule has 2 N–H and O–H groups in total. The van der Waals surface area contributed by atoms with Crippen LogP contribution in [0.5, 0.6) is 11.5 Å². The molecule has 0 saturated carbocycles. The molecule has 0 radical (unpaired) electrons. The van der Waals surface area contributed by atoms with Crippen molar-refractivity contribution in [3.63, 3.8) is 0 Å².